The van der Waals surface area contributed by atoms with Gasteiger partial charge in [-0.15, -0.1) is 0 Å². The van der Waals surface area contributed by atoms with Gasteiger partial charge in [0.1, 0.15) is 5.82 Å². The number of aromatic nitrogens is 4. The van der Waals surface area contributed by atoms with Crippen LogP contribution in [0.3, 0.4) is 0 Å². The van der Waals surface area contributed by atoms with Gasteiger partial charge in [0.15, 0.2) is 0 Å². The SMILES string of the molecule is Cc1nccn1-c1ccc([C@@H](C)N[C@@H]2CCc3[nH]ncc3C2)cc1. The maximum absolute atomic E-state index is 4.28. The largest absolute Gasteiger partial charge is 0.307 e. The number of benzene rings is 1. The second-order valence-corrected chi connectivity index (χ2v) is 6.64. The zero-order valence-corrected chi connectivity index (χ0v) is 14.2. The van der Waals surface area contributed by atoms with Crippen LogP contribution in [0, 0.1) is 6.92 Å². The molecule has 5 nitrogen and oxygen atoms in total. The first-order valence-electron chi connectivity index (χ1n) is 8.58. The number of nitrogens with zero attached hydrogens (tertiary/aromatic N) is 3. The molecule has 0 saturated heterocycles. The smallest absolute Gasteiger partial charge is 0.110 e. The number of aromatic amines is 1. The lowest BCUT2D eigenvalue weighted by Gasteiger charge is -2.27. The molecule has 3 aromatic rings. The first kappa shape index (κ1) is 15.1. The highest BCUT2D eigenvalue weighted by atomic mass is 15.1. The molecule has 1 aliphatic rings. The third-order valence-electron chi connectivity index (χ3n) is 5.00. The molecule has 124 valence electrons. The van der Waals surface area contributed by atoms with Crippen LogP contribution in [0.2, 0.25) is 0 Å². The van der Waals surface area contributed by atoms with Crippen molar-refractivity contribution in [2.24, 2.45) is 0 Å². The van der Waals surface area contributed by atoms with Crippen LogP contribution in [0.25, 0.3) is 5.69 Å². The summed E-state index contributed by atoms with van der Waals surface area (Å²) >= 11 is 0. The molecule has 0 bridgehead atoms. The maximum atomic E-state index is 4.28. The summed E-state index contributed by atoms with van der Waals surface area (Å²) in [5.41, 5.74) is 5.13. The Morgan fingerprint density at radius 2 is 2.12 bits per heavy atom. The predicted molar refractivity (Wildman–Crippen MR) is 94.3 cm³/mol. The first-order valence-corrected chi connectivity index (χ1v) is 8.58. The van der Waals surface area contributed by atoms with Gasteiger partial charge in [-0.25, -0.2) is 4.98 Å². The molecule has 0 fully saturated rings. The summed E-state index contributed by atoms with van der Waals surface area (Å²) in [5.74, 6) is 1.01. The van der Waals surface area contributed by atoms with Crippen LogP contribution in [0.5, 0.6) is 0 Å². The van der Waals surface area contributed by atoms with Crippen molar-refractivity contribution in [3.8, 4) is 5.69 Å². The second kappa shape index (κ2) is 6.24. The van der Waals surface area contributed by atoms with Gasteiger partial charge >= 0.3 is 0 Å². The van der Waals surface area contributed by atoms with Gasteiger partial charge in [-0.2, -0.15) is 5.10 Å². The molecule has 1 aliphatic carbocycles. The van der Waals surface area contributed by atoms with Gasteiger partial charge < -0.3 is 9.88 Å². The average Bonchev–Trinajstić information content (AvgIpc) is 3.23. The Hall–Kier alpha value is -2.40. The molecule has 2 aromatic heterocycles. The number of rotatable bonds is 4. The van der Waals surface area contributed by atoms with Crippen molar-refractivity contribution in [3.63, 3.8) is 0 Å². The maximum Gasteiger partial charge on any atom is 0.110 e. The van der Waals surface area contributed by atoms with E-state index in [9.17, 15) is 0 Å². The van der Waals surface area contributed by atoms with Crippen LogP contribution >= 0.6 is 0 Å². The average molecular weight is 321 g/mol. The van der Waals surface area contributed by atoms with E-state index >= 15 is 0 Å². The summed E-state index contributed by atoms with van der Waals surface area (Å²) in [4.78, 5) is 4.28. The van der Waals surface area contributed by atoms with E-state index in [2.05, 4.69) is 56.3 Å². The van der Waals surface area contributed by atoms with E-state index in [-0.39, 0.29) is 0 Å². The van der Waals surface area contributed by atoms with Crippen molar-refractivity contribution < 1.29 is 0 Å². The molecular weight excluding hydrogens is 298 g/mol. The van der Waals surface area contributed by atoms with Gasteiger partial charge in [0.2, 0.25) is 0 Å². The van der Waals surface area contributed by atoms with E-state index in [0.717, 1.165) is 30.8 Å². The molecule has 4 rings (SSSR count). The molecule has 2 heterocycles. The Bertz CT molecular complexity index is 814. The summed E-state index contributed by atoms with van der Waals surface area (Å²) in [6, 6.07) is 9.59. The fraction of sp³-hybridized carbons (Fsp3) is 0.368. The third-order valence-corrected chi connectivity index (χ3v) is 5.00. The monoisotopic (exact) mass is 321 g/mol. The van der Waals surface area contributed by atoms with Crippen molar-refractivity contribution >= 4 is 0 Å². The van der Waals surface area contributed by atoms with Gasteiger partial charge in [-0.3, -0.25) is 5.10 Å². The molecule has 0 amide bonds. The van der Waals surface area contributed by atoms with Gasteiger partial charge in [0, 0.05) is 35.9 Å². The minimum Gasteiger partial charge on any atom is -0.307 e. The minimum absolute atomic E-state index is 0.335. The molecule has 24 heavy (non-hydrogen) atoms. The van der Waals surface area contributed by atoms with Gasteiger partial charge in [-0.1, -0.05) is 12.1 Å². The lowest BCUT2D eigenvalue weighted by Crippen LogP contribution is -2.36. The quantitative estimate of drug-likeness (QED) is 0.776. The minimum atomic E-state index is 0.335. The lowest BCUT2D eigenvalue weighted by atomic mass is 9.92. The Morgan fingerprint density at radius 1 is 1.29 bits per heavy atom. The van der Waals surface area contributed by atoms with Crippen molar-refractivity contribution in [1.29, 1.82) is 0 Å². The molecule has 0 radical (unpaired) electrons. The highest BCUT2D eigenvalue weighted by molar-refractivity contribution is 5.36. The summed E-state index contributed by atoms with van der Waals surface area (Å²) < 4.78 is 2.10. The van der Waals surface area contributed by atoms with Crippen molar-refractivity contribution in [2.75, 3.05) is 0 Å². The fourth-order valence-corrected chi connectivity index (χ4v) is 3.58. The van der Waals surface area contributed by atoms with Crippen LogP contribution in [0.4, 0.5) is 0 Å². The molecule has 0 saturated carbocycles. The molecule has 0 aliphatic heterocycles. The fourth-order valence-electron chi connectivity index (χ4n) is 3.58. The topological polar surface area (TPSA) is 58.5 Å². The van der Waals surface area contributed by atoms with E-state index in [4.69, 9.17) is 0 Å². The Kier molecular flexibility index (Phi) is 3.94. The zero-order valence-electron chi connectivity index (χ0n) is 14.2. The number of imidazole rings is 1. The number of hydrogen-bond donors (Lipinski definition) is 2. The summed E-state index contributed by atoms with van der Waals surface area (Å²) in [7, 11) is 0. The summed E-state index contributed by atoms with van der Waals surface area (Å²) in [6.07, 6.45) is 9.10. The van der Waals surface area contributed by atoms with Crippen LogP contribution in [-0.2, 0) is 12.8 Å². The molecule has 0 unspecified atom stereocenters. The second-order valence-electron chi connectivity index (χ2n) is 6.64. The first-order chi connectivity index (χ1) is 11.7. The van der Waals surface area contributed by atoms with E-state index < -0.39 is 0 Å². The van der Waals surface area contributed by atoms with E-state index in [1.54, 1.807) is 0 Å². The molecule has 0 spiro atoms. The highest BCUT2D eigenvalue weighted by Gasteiger charge is 2.21. The molecule has 2 atom stereocenters. The van der Waals surface area contributed by atoms with E-state index in [0.29, 0.717) is 12.1 Å². The van der Waals surface area contributed by atoms with Crippen LogP contribution in [0.1, 0.15) is 42.0 Å². The number of fused-ring (bicyclic) bond motifs is 1. The normalized spacial score (nSPS) is 18.3. The summed E-state index contributed by atoms with van der Waals surface area (Å²) in [6.45, 7) is 4.26. The number of H-pyrrole nitrogens is 1. The molecule has 5 heteroatoms. The molecule has 1 aromatic carbocycles. The van der Waals surface area contributed by atoms with Crippen LogP contribution < -0.4 is 5.32 Å². The number of nitrogens with one attached hydrogen (secondary N) is 2. The standard InChI is InChI=1S/C19H23N5/c1-13(22-17-5-8-19-16(11-17)12-21-23-19)15-3-6-18(7-4-15)24-10-9-20-14(24)2/h3-4,6-7,9-10,12-13,17,22H,5,8,11H2,1-2H3,(H,21,23)/t13-,17-/m1/s1. The number of aryl methyl sites for hydroxylation is 2. The Labute approximate surface area is 142 Å². The molecule has 2 N–H and O–H groups in total. The zero-order chi connectivity index (χ0) is 16.5. The van der Waals surface area contributed by atoms with Crippen LogP contribution in [-0.4, -0.2) is 25.8 Å². The highest BCUT2D eigenvalue weighted by Crippen LogP contribution is 2.22. The van der Waals surface area contributed by atoms with Crippen molar-refractivity contribution in [3.05, 3.63) is 65.5 Å². The predicted octanol–water partition coefficient (Wildman–Crippen LogP) is 3.11. The Balaban J connectivity index is 1.43. The van der Waals surface area contributed by atoms with E-state index in [1.165, 1.54) is 16.8 Å². The van der Waals surface area contributed by atoms with Gasteiger partial charge in [0.25, 0.3) is 0 Å². The molecular formula is C19H23N5. The van der Waals surface area contributed by atoms with Crippen molar-refractivity contribution in [2.45, 2.75) is 45.2 Å². The van der Waals surface area contributed by atoms with Crippen LogP contribution in [0.15, 0.2) is 42.9 Å². The Morgan fingerprint density at radius 3 is 2.88 bits per heavy atom. The summed E-state index contributed by atoms with van der Waals surface area (Å²) in [5, 5.41) is 11.0. The van der Waals surface area contributed by atoms with Gasteiger partial charge in [0.05, 0.1) is 6.20 Å². The van der Waals surface area contributed by atoms with Gasteiger partial charge in [-0.05, 0) is 56.4 Å². The third kappa shape index (κ3) is 2.87. The van der Waals surface area contributed by atoms with Crippen molar-refractivity contribution in [1.82, 2.24) is 25.1 Å². The van der Waals surface area contributed by atoms with E-state index in [1.807, 2.05) is 25.5 Å². The number of hydrogen-bond acceptors (Lipinski definition) is 3. The lowest BCUT2D eigenvalue weighted by molar-refractivity contribution is 0.412.